The van der Waals surface area contributed by atoms with Crippen LogP contribution >= 0.6 is 0 Å². The van der Waals surface area contributed by atoms with Crippen LogP contribution < -0.4 is 4.46 Å². The molecular formula is C20H27FOSe. The SMILES string of the molecule is CCCCC#CC(F)(CC[Se]c1ccccc1)C(=O)CC(C)C. The molecular weight excluding hydrogens is 354 g/mol. The molecule has 0 aliphatic rings. The molecule has 0 aliphatic heterocycles. The molecule has 0 saturated carbocycles. The fourth-order valence-corrected chi connectivity index (χ4v) is 4.13. The van der Waals surface area contributed by atoms with Gasteiger partial charge in [-0.1, -0.05) is 0 Å². The van der Waals surface area contributed by atoms with E-state index in [-0.39, 0.29) is 39.5 Å². The quantitative estimate of drug-likeness (QED) is 0.353. The molecule has 0 N–H and O–H groups in total. The van der Waals surface area contributed by atoms with E-state index in [1.807, 2.05) is 32.0 Å². The second-order valence-corrected chi connectivity index (χ2v) is 8.59. The molecule has 1 atom stereocenters. The van der Waals surface area contributed by atoms with Gasteiger partial charge in [0, 0.05) is 0 Å². The summed E-state index contributed by atoms with van der Waals surface area (Å²) in [6, 6.07) is 10.1. The third-order valence-corrected chi connectivity index (χ3v) is 5.56. The normalized spacial score (nSPS) is 13.3. The fourth-order valence-electron chi connectivity index (χ4n) is 2.10. The van der Waals surface area contributed by atoms with Crippen molar-refractivity contribution in [1.82, 2.24) is 0 Å². The zero-order valence-corrected chi connectivity index (χ0v) is 16.1. The van der Waals surface area contributed by atoms with Crippen LogP contribution in [0.1, 0.15) is 52.9 Å². The first-order valence-corrected chi connectivity index (χ1v) is 10.4. The van der Waals surface area contributed by atoms with Crippen molar-refractivity contribution in [3.05, 3.63) is 30.3 Å². The molecule has 0 saturated heterocycles. The molecule has 0 spiro atoms. The van der Waals surface area contributed by atoms with Crippen LogP contribution in [0, 0.1) is 17.8 Å². The predicted molar refractivity (Wildman–Crippen MR) is 96.9 cm³/mol. The van der Waals surface area contributed by atoms with Crippen molar-refractivity contribution in [3.8, 4) is 11.8 Å². The molecule has 1 nitrogen and oxygen atoms in total. The third kappa shape index (κ3) is 7.82. The molecule has 0 bridgehead atoms. The Kier molecular flexibility index (Phi) is 9.22. The topological polar surface area (TPSA) is 17.1 Å². The van der Waals surface area contributed by atoms with Gasteiger partial charge in [-0.3, -0.25) is 0 Å². The van der Waals surface area contributed by atoms with E-state index in [1.54, 1.807) is 0 Å². The van der Waals surface area contributed by atoms with Gasteiger partial charge in [-0.25, -0.2) is 0 Å². The van der Waals surface area contributed by atoms with Gasteiger partial charge in [0.15, 0.2) is 0 Å². The van der Waals surface area contributed by atoms with Gasteiger partial charge < -0.3 is 0 Å². The van der Waals surface area contributed by atoms with Crippen LogP contribution in [0.2, 0.25) is 5.32 Å². The van der Waals surface area contributed by atoms with Gasteiger partial charge in [-0.15, -0.1) is 0 Å². The molecule has 0 amide bonds. The summed E-state index contributed by atoms with van der Waals surface area (Å²) in [5.74, 6) is 5.37. The summed E-state index contributed by atoms with van der Waals surface area (Å²) in [6.45, 7) is 5.96. The van der Waals surface area contributed by atoms with Crippen LogP contribution in [0.25, 0.3) is 0 Å². The van der Waals surface area contributed by atoms with Crippen molar-refractivity contribution in [2.75, 3.05) is 0 Å². The summed E-state index contributed by atoms with van der Waals surface area (Å²) in [4.78, 5) is 12.3. The van der Waals surface area contributed by atoms with Gasteiger partial charge in [0.1, 0.15) is 0 Å². The zero-order chi connectivity index (χ0) is 17.1. The second kappa shape index (κ2) is 10.6. The Morgan fingerprint density at radius 3 is 2.61 bits per heavy atom. The minimum absolute atomic E-state index is 0.162. The van der Waals surface area contributed by atoms with Gasteiger partial charge in [0.05, 0.1) is 0 Å². The Labute approximate surface area is 146 Å². The van der Waals surface area contributed by atoms with E-state index >= 15 is 4.39 Å². The molecule has 23 heavy (non-hydrogen) atoms. The first kappa shape index (κ1) is 19.9. The predicted octanol–water partition coefficient (Wildman–Crippen LogP) is 4.34. The number of hydrogen-bond acceptors (Lipinski definition) is 1. The van der Waals surface area contributed by atoms with Crippen LogP contribution in [0.3, 0.4) is 0 Å². The monoisotopic (exact) mass is 382 g/mol. The Morgan fingerprint density at radius 2 is 2.00 bits per heavy atom. The van der Waals surface area contributed by atoms with E-state index in [9.17, 15) is 4.79 Å². The van der Waals surface area contributed by atoms with Crippen molar-refractivity contribution in [2.45, 2.75) is 63.9 Å². The Balaban J connectivity index is 2.69. The molecule has 3 heteroatoms. The molecule has 1 rings (SSSR count). The van der Waals surface area contributed by atoms with Crippen molar-refractivity contribution < 1.29 is 9.18 Å². The molecule has 126 valence electrons. The van der Waals surface area contributed by atoms with E-state index in [1.165, 1.54) is 4.46 Å². The molecule has 1 aromatic carbocycles. The number of halogens is 1. The van der Waals surface area contributed by atoms with Gasteiger partial charge in [0.2, 0.25) is 0 Å². The molecule has 1 unspecified atom stereocenters. The van der Waals surface area contributed by atoms with E-state index in [0.717, 1.165) is 12.8 Å². The van der Waals surface area contributed by atoms with Crippen LogP contribution in [0.15, 0.2) is 30.3 Å². The minimum atomic E-state index is -1.96. The van der Waals surface area contributed by atoms with Gasteiger partial charge in [-0.2, -0.15) is 0 Å². The maximum absolute atomic E-state index is 15.2. The second-order valence-electron chi connectivity index (χ2n) is 6.14. The van der Waals surface area contributed by atoms with Crippen LogP contribution in [0.4, 0.5) is 4.39 Å². The summed E-state index contributed by atoms with van der Waals surface area (Å²) in [5, 5.41) is 0.694. The van der Waals surface area contributed by atoms with E-state index < -0.39 is 5.67 Å². The Hall–Kier alpha value is -1.10. The molecule has 0 aliphatic carbocycles. The van der Waals surface area contributed by atoms with Crippen molar-refractivity contribution in [3.63, 3.8) is 0 Å². The van der Waals surface area contributed by atoms with Gasteiger partial charge in [0.25, 0.3) is 0 Å². The molecule has 0 fully saturated rings. The first-order chi connectivity index (χ1) is 11.0. The summed E-state index contributed by atoms with van der Waals surface area (Å²) < 4.78 is 16.4. The van der Waals surface area contributed by atoms with E-state index in [2.05, 4.69) is 30.9 Å². The maximum atomic E-state index is 15.2. The summed E-state index contributed by atoms with van der Waals surface area (Å²) in [5.41, 5.74) is -1.96. The Morgan fingerprint density at radius 1 is 1.30 bits per heavy atom. The number of ketones is 1. The number of hydrogen-bond donors (Lipinski definition) is 0. The van der Waals surface area contributed by atoms with Crippen molar-refractivity contribution in [2.24, 2.45) is 5.92 Å². The average molecular weight is 381 g/mol. The average Bonchev–Trinajstić information content (AvgIpc) is 2.52. The van der Waals surface area contributed by atoms with E-state index in [0.29, 0.717) is 11.7 Å². The molecule has 0 heterocycles. The third-order valence-electron chi connectivity index (χ3n) is 3.44. The summed E-state index contributed by atoms with van der Waals surface area (Å²) in [6.07, 6.45) is 3.13. The van der Waals surface area contributed by atoms with Gasteiger partial charge in [-0.05, 0) is 0 Å². The van der Waals surface area contributed by atoms with Crippen LogP contribution in [0.5, 0.6) is 0 Å². The molecule has 0 aromatic heterocycles. The van der Waals surface area contributed by atoms with Gasteiger partial charge >= 0.3 is 146 Å². The zero-order valence-electron chi connectivity index (χ0n) is 14.4. The number of benzene rings is 1. The van der Waals surface area contributed by atoms with Crippen molar-refractivity contribution in [1.29, 1.82) is 0 Å². The number of carbonyl (C=O) groups excluding carboxylic acids is 1. The summed E-state index contributed by atoms with van der Waals surface area (Å²) in [7, 11) is 0. The first-order valence-electron chi connectivity index (χ1n) is 8.38. The standard InChI is InChI=1S/C20H27FOSe/c1-4-5-6-10-13-20(21,19(22)16-17(2)3)14-15-23-18-11-8-7-9-12-18/h7-9,11-12,17H,4-6,14-16H2,1-3H3. The number of alkyl halides is 1. The van der Waals surface area contributed by atoms with E-state index in [4.69, 9.17) is 0 Å². The fraction of sp³-hybridized carbons (Fsp3) is 0.550. The molecule has 1 aromatic rings. The molecule has 0 radical (unpaired) electrons. The van der Waals surface area contributed by atoms with Crippen LogP contribution in [-0.4, -0.2) is 26.4 Å². The number of Topliss-reactive ketones (excluding diaryl/α,β-unsaturated/α-hetero) is 1. The van der Waals surface area contributed by atoms with Crippen LogP contribution in [-0.2, 0) is 4.79 Å². The Bertz CT molecular complexity index is 530. The number of unbranched alkanes of at least 4 members (excludes halogenated alkanes) is 2. The van der Waals surface area contributed by atoms with Crippen molar-refractivity contribution >= 4 is 25.2 Å². The summed E-state index contributed by atoms with van der Waals surface area (Å²) >= 11 is 0.182. The number of carbonyl (C=O) groups is 1. The number of rotatable bonds is 9.